The molecule has 2 heterocycles. The summed E-state index contributed by atoms with van der Waals surface area (Å²) in [7, 11) is 0. The summed E-state index contributed by atoms with van der Waals surface area (Å²) < 4.78 is 0. The predicted octanol–water partition coefficient (Wildman–Crippen LogP) is 2.80. The van der Waals surface area contributed by atoms with Gasteiger partial charge in [0.25, 0.3) is 0 Å². The number of nitrogens with one attached hydrogen (secondary N) is 1. The number of thiazole rings is 1. The van der Waals surface area contributed by atoms with Gasteiger partial charge in [0.1, 0.15) is 6.04 Å². The van der Waals surface area contributed by atoms with E-state index in [9.17, 15) is 9.59 Å². The third kappa shape index (κ3) is 4.77. The Morgan fingerprint density at radius 3 is 2.65 bits per heavy atom. The number of likely N-dealkylation sites (tertiary alicyclic amines) is 1. The van der Waals surface area contributed by atoms with Crippen LogP contribution in [0.15, 0.2) is 0 Å². The van der Waals surface area contributed by atoms with Crippen molar-refractivity contribution < 1.29 is 9.59 Å². The van der Waals surface area contributed by atoms with Gasteiger partial charge in [-0.3, -0.25) is 9.59 Å². The van der Waals surface area contributed by atoms with Gasteiger partial charge in [0.15, 0.2) is 0 Å². The van der Waals surface area contributed by atoms with Gasteiger partial charge in [0.05, 0.1) is 17.2 Å². The molecular formula is C17H27N3O2S. The van der Waals surface area contributed by atoms with E-state index in [1.807, 2.05) is 13.8 Å². The first-order chi connectivity index (χ1) is 10.9. The first kappa shape index (κ1) is 17.9. The average Bonchev–Trinajstić information content (AvgIpc) is 2.81. The van der Waals surface area contributed by atoms with Gasteiger partial charge in [-0.25, -0.2) is 4.98 Å². The summed E-state index contributed by atoms with van der Waals surface area (Å²) >= 11 is 1.61. The van der Waals surface area contributed by atoms with E-state index in [4.69, 9.17) is 0 Å². The van der Waals surface area contributed by atoms with E-state index >= 15 is 0 Å². The van der Waals surface area contributed by atoms with Crippen LogP contribution in [0, 0.1) is 19.8 Å². The number of carbonyl (C=O) groups excluding carboxylic acids is 2. The van der Waals surface area contributed by atoms with Crippen LogP contribution in [0.3, 0.4) is 0 Å². The minimum atomic E-state index is -0.350. The van der Waals surface area contributed by atoms with E-state index < -0.39 is 0 Å². The molecule has 0 saturated carbocycles. The fourth-order valence-corrected chi connectivity index (χ4v) is 3.88. The lowest BCUT2D eigenvalue weighted by molar-refractivity contribution is -0.143. The zero-order valence-electron chi connectivity index (χ0n) is 14.5. The molecule has 0 radical (unpaired) electrons. The van der Waals surface area contributed by atoms with Crippen molar-refractivity contribution in [1.82, 2.24) is 15.2 Å². The number of aryl methyl sites for hydroxylation is 2. The van der Waals surface area contributed by atoms with Crippen molar-refractivity contribution >= 4 is 23.2 Å². The van der Waals surface area contributed by atoms with Crippen molar-refractivity contribution in [2.45, 2.75) is 66.0 Å². The summed E-state index contributed by atoms with van der Waals surface area (Å²) in [4.78, 5) is 32.1. The predicted molar refractivity (Wildman–Crippen MR) is 92.2 cm³/mol. The Hall–Kier alpha value is -1.43. The smallest absolute Gasteiger partial charge is 0.243 e. The molecular weight excluding hydrogens is 310 g/mol. The SMILES string of the molecule is Cc1nc(C)c(CNC(=O)C(CC(C)C)N2CCCCC2=O)s1. The van der Waals surface area contributed by atoms with Crippen LogP contribution < -0.4 is 5.32 Å². The molecule has 1 aliphatic rings. The fraction of sp³-hybridized carbons (Fsp3) is 0.706. The van der Waals surface area contributed by atoms with Gasteiger partial charge in [0, 0.05) is 17.8 Å². The van der Waals surface area contributed by atoms with Gasteiger partial charge in [-0.15, -0.1) is 11.3 Å². The maximum Gasteiger partial charge on any atom is 0.243 e. The second-order valence-corrected chi connectivity index (χ2v) is 7.94. The Balaban J connectivity index is 2.04. The Morgan fingerprint density at radius 2 is 2.09 bits per heavy atom. The first-order valence-corrected chi connectivity index (χ1v) is 9.20. The van der Waals surface area contributed by atoms with Crippen LogP contribution in [-0.4, -0.2) is 34.3 Å². The normalized spacial score (nSPS) is 16.7. The van der Waals surface area contributed by atoms with E-state index in [1.165, 1.54) is 0 Å². The molecule has 1 aromatic heterocycles. The molecule has 0 aromatic carbocycles. The van der Waals surface area contributed by atoms with Gasteiger partial charge in [-0.1, -0.05) is 13.8 Å². The van der Waals surface area contributed by atoms with Gasteiger partial charge in [-0.2, -0.15) is 0 Å². The molecule has 0 bridgehead atoms. The topological polar surface area (TPSA) is 62.3 Å². The molecule has 1 fully saturated rings. The largest absolute Gasteiger partial charge is 0.349 e. The zero-order valence-corrected chi connectivity index (χ0v) is 15.3. The molecule has 1 saturated heterocycles. The molecule has 1 unspecified atom stereocenters. The highest BCUT2D eigenvalue weighted by Crippen LogP contribution is 2.20. The van der Waals surface area contributed by atoms with E-state index in [-0.39, 0.29) is 17.9 Å². The summed E-state index contributed by atoms with van der Waals surface area (Å²) in [6, 6.07) is -0.350. The molecule has 0 aliphatic carbocycles. The molecule has 23 heavy (non-hydrogen) atoms. The molecule has 2 amide bonds. The molecule has 1 N–H and O–H groups in total. The van der Waals surface area contributed by atoms with Crippen molar-refractivity contribution in [2.75, 3.05) is 6.54 Å². The van der Waals surface area contributed by atoms with Crippen molar-refractivity contribution in [3.63, 3.8) is 0 Å². The fourth-order valence-electron chi connectivity index (χ4n) is 3.00. The van der Waals surface area contributed by atoms with Crippen molar-refractivity contribution in [3.8, 4) is 0 Å². The second-order valence-electron chi connectivity index (χ2n) is 6.65. The van der Waals surface area contributed by atoms with Crippen LogP contribution in [0.1, 0.15) is 55.1 Å². The summed E-state index contributed by atoms with van der Waals surface area (Å²) in [6.45, 7) is 9.30. The highest BCUT2D eigenvalue weighted by Gasteiger charge is 2.31. The number of rotatable bonds is 6. The number of hydrogen-bond donors (Lipinski definition) is 1. The van der Waals surface area contributed by atoms with Gasteiger partial charge >= 0.3 is 0 Å². The monoisotopic (exact) mass is 337 g/mol. The van der Waals surface area contributed by atoms with Gasteiger partial charge in [-0.05, 0) is 39.0 Å². The van der Waals surface area contributed by atoms with Crippen molar-refractivity contribution in [2.24, 2.45) is 5.92 Å². The Kier molecular flexibility index (Phi) is 6.16. The molecule has 2 rings (SSSR count). The van der Waals surface area contributed by atoms with E-state index in [1.54, 1.807) is 16.2 Å². The Bertz CT molecular complexity index is 568. The van der Waals surface area contributed by atoms with Crippen LogP contribution in [-0.2, 0) is 16.1 Å². The molecule has 128 valence electrons. The van der Waals surface area contributed by atoms with E-state index in [0.717, 1.165) is 28.4 Å². The number of carbonyl (C=O) groups is 2. The summed E-state index contributed by atoms with van der Waals surface area (Å²) in [5, 5.41) is 4.02. The van der Waals surface area contributed by atoms with Gasteiger partial charge in [0.2, 0.25) is 11.8 Å². The van der Waals surface area contributed by atoms with Crippen molar-refractivity contribution in [3.05, 3.63) is 15.6 Å². The maximum absolute atomic E-state index is 12.7. The zero-order chi connectivity index (χ0) is 17.0. The lowest BCUT2D eigenvalue weighted by Crippen LogP contribution is -2.51. The van der Waals surface area contributed by atoms with Gasteiger partial charge < -0.3 is 10.2 Å². The van der Waals surface area contributed by atoms with Crippen LogP contribution in [0.5, 0.6) is 0 Å². The summed E-state index contributed by atoms with van der Waals surface area (Å²) in [6.07, 6.45) is 3.19. The van der Waals surface area contributed by atoms with E-state index in [0.29, 0.717) is 31.8 Å². The molecule has 1 aliphatic heterocycles. The number of amides is 2. The molecule has 1 aromatic rings. The minimum absolute atomic E-state index is 0.0422. The molecule has 6 heteroatoms. The highest BCUT2D eigenvalue weighted by molar-refractivity contribution is 7.11. The quantitative estimate of drug-likeness (QED) is 0.868. The number of nitrogens with zero attached hydrogens (tertiary/aromatic N) is 2. The molecule has 1 atom stereocenters. The maximum atomic E-state index is 12.7. The first-order valence-electron chi connectivity index (χ1n) is 8.38. The Morgan fingerprint density at radius 1 is 1.35 bits per heavy atom. The lowest BCUT2D eigenvalue weighted by Gasteiger charge is -2.34. The van der Waals surface area contributed by atoms with Crippen LogP contribution in [0.4, 0.5) is 0 Å². The van der Waals surface area contributed by atoms with Crippen LogP contribution >= 0.6 is 11.3 Å². The van der Waals surface area contributed by atoms with E-state index in [2.05, 4.69) is 24.1 Å². The number of aromatic nitrogens is 1. The van der Waals surface area contributed by atoms with Crippen LogP contribution in [0.25, 0.3) is 0 Å². The third-order valence-corrected chi connectivity index (χ3v) is 5.23. The number of hydrogen-bond acceptors (Lipinski definition) is 4. The Labute approximate surface area is 142 Å². The molecule has 0 spiro atoms. The summed E-state index contributed by atoms with van der Waals surface area (Å²) in [5.74, 6) is 0.439. The average molecular weight is 337 g/mol. The summed E-state index contributed by atoms with van der Waals surface area (Å²) in [5.41, 5.74) is 0.974. The van der Waals surface area contributed by atoms with Crippen LogP contribution in [0.2, 0.25) is 0 Å². The molecule has 5 nitrogen and oxygen atoms in total. The second kappa shape index (κ2) is 7.90. The minimum Gasteiger partial charge on any atom is -0.349 e. The number of piperidine rings is 1. The highest BCUT2D eigenvalue weighted by atomic mass is 32.1. The third-order valence-electron chi connectivity index (χ3n) is 4.16. The lowest BCUT2D eigenvalue weighted by atomic mass is 9.98. The van der Waals surface area contributed by atoms with Crippen molar-refractivity contribution in [1.29, 1.82) is 0 Å². The standard InChI is InChI=1S/C17H27N3O2S/c1-11(2)9-14(20-8-6-5-7-16(20)21)17(22)18-10-15-12(3)19-13(4)23-15/h11,14H,5-10H2,1-4H3,(H,18,22).